The molecule has 6 heteroatoms. The van der Waals surface area contributed by atoms with Crippen molar-refractivity contribution in [2.24, 2.45) is 5.73 Å². The summed E-state index contributed by atoms with van der Waals surface area (Å²) in [6.45, 7) is 4.36. The average Bonchev–Trinajstić information content (AvgIpc) is 2.72. The summed E-state index contributed by atoms with van der Waals surface area (Å²) in [6.07, 6.45) is 0.888. The standard InChI is InChI=1S/C15H23NO4S/c1-3-19-14-6-4-5-12(9-11(2)16)15(14)20-13-7-8-21(17,18)10-13/h4-6,11,13H,3,7-10,16H2,1-2H3. The zero-order valence-corrected chi connectivity index (χ0v) is 13.4. The summed E-state index contributed by atoms with van der Waals surface area (Å²) in [5, 5.41) is 0. The first-order valence-corrected chi connectivity index (χ1v) is 9.10. The number of hydrogen-bond donors (Lipinski definition) is 1. The van der Waals surface area contributed by atoms with Crippen LogP contribution in [-0.4, -0.2) is 38.7 Å². The Balaban J connectivity index is 2.25. The second-order valence-corrected chi connectivity index (χ2v) is 7.73. The number of hydrogen-bond acceptors (Lipinski definition) is 5. The molecule has 0 bridgehead atoms. The summed E-state index contributed by atoms with van der Waals surface area (Å²) >= 11 is 0. The molecule has 21 heavy (non-hydrogen) atoms. The minimum absolute atomic E-state index is 0.00321. The van der Waals surface area contributed by atoms with Gasteiger partial charge in [-0.3, -0.25) is 0 Å². The molecule has 0 aliphatic carbocycles. The highest BCUT2D eigenvalue weighted by Crippen LogP contribution is 2.34. The van der Waals surface area contributed by atoms with Crippen molar-refractivity contribution in [1.82, 2.24) is 0 Å². The largest absolute Gasteiger partial charge is 0.490 e. The number of rotatable bonds is 6. The molecule has 1 fully saturated rings. The lowest BCUT2D eigenvalue weighted by molar-refractivity contribution is 0.210. The molecule has 1 heterocycles. The molecule has 0 saturated carbocycles. The summed E-state index contributed by atoms with van der Waals surface area (Å²) in [7, 11) is -2.97. The van der Waals surface area contributed by atoms with E-state index in [0.29, 0.717) is 30.9 Å². The molecule has 0 aromatic heterocycles. The molecular formula is C15H23NO4S. The normalized spacial score (nSPS) is 22.0. The lowest BCUT2D eigenvalue weighted by Crippen LogP contribution is -2.22. The minimum Gasteiger partial charge on any atom is -0.490 e. The van der Waals surface area contributed by atoms with Gasteiger partial charge in [-0.25, -0.2) is 8.42 Å². The zero-order chi connectivity index (χ0) is 15.5. The van der Waals surface area contributed by atoms with Crippen LogP contribution in [0.15, 0.2) is 18.2 Å². The Labute approximate surface area is 126 Å². The van der Waals surface area contributed by atoms with Gasteiger partial charge in [0.05, 0.1) is 18.1 Å². The molecule has 2 atom stereocenters. The van der Waals surface area contributed by atoms with Crippen molar-refractivity contribution in [1.29, 1.82) is 0 Å². The van der Waals surface area contributed by atoms with E-state index in [0.717, 1.165) is 5.56 Å². The second-order valence-electron chi connectivity index (χ2n) is 5.50. The lowest BCUT2D eigenvalue weighted by Gasteiger charge is -2.20. The first-order valence-electron chi connectivity index (χ1n) is 7.28. The molecule has 0 radical (unpaired) electrons. The van der Waals surface area contributed by atoms with E-state index in [1.165, 1.54) is 0 Å². The van der Waals surface area contributed by atoms with E-state index in [2.05, 4.69) is 0 Å². The SMILES string of the molecule is CCOc1cccc(CC(C)N)c1OC1CCS(=O)(=O)C1. The van der Waals surface area contributed by atoms with Gasteiger partial charge in [0, 0.05) is 6.04 Å². The Morgan fingerprint density at radius 1 is 1.43 bits per heavy atom. The minimum atomic E-state index is -2.97. The fraction of sp³-hybridized carbons (Fsp3) is 0.600. The van der Waals surface area contributed by atoms with Gasteiger partial charge in [0.2, 0.25) is 0 Å². The maximum atomic E-state index is 11.6. The van der Waals surface area contributed by atoms with E-state index in [9.17, 15) is 8.42 Å². The highest BCUT2D eigenvalue weighted by molar-refractivity contribution is 7.91. The topological polar surface area (TPSA) is 78.6 Å². The van der Waals surface area contributed by atoms with Crippen LogP contribution in [-0.2, 0) is 16.3 Å². The second kappa shape index (κ2) is 6.66. The molecule has 1 aliphatic heterocycles. The van der Waals surface area contributed by atoms with Crippen LogP contribution < -0.4 is 15.2 Å². The van der Waals surface area contributed by atoms with Gasteiger partial charge in [0.1, 0.15) is 6.10 Å². The van der Waals surface area contributed by atoms with Gasteiger partial charge in [0.15, 0.2) is 21.3 Å². The molecule has 1 aliphatic rings. The molecule has 118 valence electrons. The summed E-state index contributed by atoms with van der Waals surface area (Å²) in [4.78, 5) is 0. The molecule has 2 N–H and O–H groups in total. The van der Waals surface area contributed by atoms with Crippen LogP contribution in [0.2, 0.25) is 0 Å². The number of ether oxygens (including phenoxy) is 2. The van der Waals surface area contributed by atoms with Gasteiger partial charge >= 0.3 is 0 Å². The van der Waals surface area contributed by atoms with Crippen LogP contribution in [0.4, 0.5) is 0 Å². The van der Waals surface area contributed by atoms with Crippen LogP contribution in [0.5, 0.6) is 11.5 Å². The number of sulfone groups is 1. The van der Waals surface area contributed by atoms with Gasteiger partial charge in [-0.2, -0.15) is 0 Å². The Hall–Kier alpha value is -1.27. The monoisotopic (exact) mass is 313 g/mol. The molecule has 0 amide bonds. The third-order valence-corrected chi connectivity index (χ3v) is 5.11. The van der Waals surface area contributed by atoms with Crippen molar-refractivity contribution >= 4 is 9.84 Å². The van der Waals surface area contributed by atoms with Gasteiger partial charge in [-0.05, 0) is 38.3 Å². The van der Waals surface area contributed by atoms with E-state index in [1.807, 2.05) is 32.0 Å². The number of benzene rings is 1. The zero-order valence-electron chi connectivity index (χ0n) is 12.5. The molecular weight excluding hydrogens is 290 g/mol. The summed E-state index contributed by atoms with van der Waals surface area (Å²) in [5.41, 5.74) is 6.83. The molecule has 1 aromatic carbocycles. The highest BCUT2D eigenvalue weighted by Gasteiger charge is 2.30. The Kier molecular flexibility index (Phi) is 5.11. The maximum absolute atomic E-state index is 11.6. The average molecular weight is 313 g/mol. The predicted molar refractivity (Wildman–Crippen MR) is 82.7 cm³/mol. The third kappa shape index (κ3) is 4.35. The van der Waals surface area contributed by atoms with E-state index < -0.39 is 9.84 Å². The smallest absolute Gasteiger partial charge is 0.164 e. The van der Waals surface area contributed by atoms with Gasteiger partial charge in [0.25, 0.3) is 0 Å². The Morgan fingerprint density at radius 2 is 2.19 bits per heavy atom. The van der Waals surface area contributed by atoms with Crippen LogP contribution >= 0.6 is 0 Å². The van der Waals surface area contributed by atoms with Crippen LogP contribution in [0.1, 0.15) is 25.8 Å². The molecule has 5 nitrogen and oxygen atoms in total. The van der Waals surface area contributed by atoms with E-state index in [1.54, 1.807) is 0 Å². The maximum Gasteiger partial charge on any atom is 0.164 e. The predicted octanol–water partition coefficient (Wildman–Crippen LogP) is 1.54. The third-order valence-electron chi connectivity index (χ3n) is 3.38. The van der Waals surface area contributed by atoms with Crippen molar-refractivity contribution < 1.29 is 17.9 Å². The van der Waals surface area contributed by atoms with Gasteiger partial charge < -0.3 is 15.2 Å². The van der Waals surface area contributed by atoms with E-state index in [-0.39, 0.29) is 23.7 Å². The highest BCUT2D eigenvalue weighted by atomic mass is 32.2. The lowest BCUT2D eigenvalue weighted by atomic mass is 10.1. The van der Waals surface area contributed by atoms with Crippen LogP contribution in [0.3, 0.4) is 0 Å². The first-order chi connectivity index (χ1) is 9.91. The number of para-hydroxylation sites is 1. The molecule has 1 aromatic rings. The summed E-state index contributed by atoms with van der Waals surface area (Å²) < 4.78 is 34.7. The molecule has 0 spiro atoms. The molecule has 2 rings (SSSR count). The van der Waals surface area contributed by atoms with Gasteiger partial charge in [-0.15, -0.1) is 0 Å². The quantitative estimate of drug-likeness (QED) is 0.862. The summed E-state index contributed by atoms with van der Waals surface area (Å²) in [6, 6.07) is 5.69. The van der Waals surface area contributed by atoms with Crippen LogP contribution in [0.25, 0.3) is 0 Å². The van der Waals surface area contributed by atoms with Crippen molar-refractivity contribution in [3.63, 3.8) is 0 Å². The van der Waals surface area contributed by atoms with Crippen molar-refractivity contribution in [2.45, 2.75) is 38.8 Å². The van der Waals surface area contributed by atoms with E-state index >= 15 is 0 Å². The Morgan fingerprint density at radius 3 is 2.76 bits per heavy atom. The van der Waals surface area contributed by atoms with Crippen molar-refractivity contribution in [3.8, 4) is 11.5 Å². The van der Waals surface area contributed by atoms with Crippen molar-refractivity contribution in [2.75, 3.05) is 18.1 Å². The van der Waals surface area contributed by atoms with Crippen molar-refractivity contribution in [3.05, 3.63) is 23.8 Å². The number of nitrogens with two attached hydrogens (primary N) is 1. The van der Waals surface area contributed by atoms with Gasteiger partial charge in [-0.1, -0.05) is 12.1 Å². The Bertz CT molecular complexity index is 583. The summed E-state index contributed by atoms with van der Waals surface area (Å²) in [5.74, 6) is 1.56. The fourth-order valence-corrected chi connectivity index (χ4v) is 4.08. The first kappa shape index (κ1) is 16.1. The van der Waals surface area contributed by atoms with Crippen LogP contribution in [0, 0.1) is 0 Å². The molecule has 2 unspecified atom stereocenters. The fourth-order valence-electron chi connectivity index (χ4n) is 2.49. The molecule has 1 saturated heterocycles. The van der Waals surface area contributed by atoms with E-state index in [4.69, 9.17) is 15.2 Å².